The second-order valence-corrected chi connectivity index (χ2v) is 3.37. The van der Waals surface area contributed by atoms with Gasteiger partial charge in [-0.05, 0) is 13.8 Å². The number of rotatable bonds is 3. The molecule has 1 saturated heterocycles. The number of carbonyl (C=O) groups excluding carboxylic acids is 1. The second-order valence-electron chi connectivity index (χ2n) is 3.37. The minimum atomic E-state index is 0.108. The normalized spacial score (nSPS) is 24.3. The van der Waals surface area contributed by atoms with Gasteiger partial charge in [-0.15, -0.1) is 0 Å². The van der Waals surface area contributed by atoms with Crippen LogP contribution in [-0.4, -0.2) is 49.7 Å². The van der Waals surface area contributed by atoms with E-state index in [1.54, 1.807) is 0 Å². The average molecular weight is 186 g/mol. The summed E-state index contributed by atoms with van der Waals surface area (Å²) in [6.45, 7) is 7.63. The molecule has 1 fully saturated rings. The molecule has 0 aromatic rings. The van der Waals surface area contributed by atoms with Gasteiger partial charge >= 0.3 is 0 Å². The van der Waals surface area contributed by atoms with Crippen molar-refractivity contribution in [1.29, 1.82) is 0 Å². The molecule has 4 heteroatoms. The van der Waals surface area contributed by atoms with Crippen molar-refractivity contribution in [3.63, 3.8) is 0 Å². The number of ether oxygens (including phenoxy) is 1. The molecule has 0 unspecified atom stereocenters. The summed E-state index contributed by atoms with van der Waals surface area (Å²) in [5, 5.41) is 2.79. The van der Waals surface area contributed by atoms with Crippen molar-refractivity contribution in [2.45, 2.75) is 20.0 Å². The monoisotopic (exact) mass is 186 g/mol. The number of hydrogen-bond donors (Lipinski definition) is 1. The first-order valence-electron chi connectivity index (χ1n) is 4.83. The zero-order chi connectivity index (χ0) is 9.68. The lowest BCUT2D eigenvalue weighted by atomic mass is 10.3. The van der Waals surface area contributed by atoms with Crippen LogP contribution in [0.3, 0.4) is 0 Å². The molecule has 1 amide bonds. The van der Waals surface area contributed by atoms with Gasteiger partial charge in [-0.25, -0.2) is 0 Å². The molecule has 0 bridgehead atoms. The molecule has 1 aliphatic heterocycles. The fourth-order valence-electron chi connectivity index (χ4n) is 1.49. The standard InChI is InChI=1S/C9H18N2O2/c1-3-10-9(12)7-11-4-5-13-8(2)6-11/h8H,3-7H2,1-2H3,(H,10,12)/t8-/m0/s1. The third-order valence-corrected chi connectivity index (χ3v) is 2.07. The van der Waals surface area contributed by atoms with Gasteiger partial charge in [-0.2, -0.15) is 0 Å². The van der Waals surface area contributed by atoms with E-state index in [0.29, 0.717) is 13.1 Å². The van der Waals surface area contributed by atoms with Gasteiger partial charge in [0.2, 0.25) is 5.91 Å². The lowest BCUT2D eigenvalue weighted by Crippen LogP contribution is -2.46. The van der Waals surface area contributed by atoms with Crippen LogP contribution in [0.5, 0.6) is 0 Å². The van der Waals surface area contributed by atoms with Gasteiger partial charge < -0.3 is 10.1 Å². The molecule has 1 heterocycles. The van der Waals surface area contributed by atoms with Crippen molar-refractivity contribution in [2.24, 2.45) is 0 Å². The fourth-order valence-corrected chi connectivity index (χ4v) is 1.49. The predicted octanol–water partition coefficient (Wildman–Crippen LogP) is -0.157. The fraction of sp³-hybridized carbons (Fsp3) is 0.889. The Bertz CT molecular complexity index is 173. The Kier molecular flexibility index (Phi) is 4.18. The van der Waals surface area contributed by atoms with Gasteiger partial charge in [-0.3, -0.25) is 9.69 Å². The van der Waals surface area contributed by atoms with Crippen molar-refractivity contribution in [2.75, 3.05) is 32.8 Å². The van der Waals surface area contributed by atoms with Crippen LogP contribution in [0.15, 0.2) is 0 Å². The van der Waals surface area contributed by atoms with E-state index in [1.807, 2.05) is 13.8 Å². The molecule has 0 aliphatic carbocycles. The Balaban J connectivity index is 2.23. The molecule has 4 nitrogen and oxygen atoms in total. The molecule has 0 aromatic heterocycles. The number of carbonyl (C=O) groups is 1. The highest BCUT2D eigenvalue weighted by Gasteiger charge is 2.18. The van der Waals surface area contributed by atoms with Crippen LogP contribution in [0.4, 0.5) is 0 Å². The highest BCUT2D eigenvalue weighted by Crippen LogP contribution is 2.02. The maximum atomic E-state index is 11.2. The predicted molar refractivity (Wildman–Crippen MR) is 50.5 cm³/mol. The van der Waals surface area contributed by atoms with E-state index < -0.39 is 0 Å². The Morgan fingerprint density at radius 1 is 1.69 bits per heavy atom. The summed E-state index contributed by atoms with van der Waals surface area (Å²) in [7, 11) is 0. The van der Waals surface area contributed by atoms with E-state index in [0.717, 1.165) is 19.7 Å². The number of morpholine rings is 1. The molecule has 1 aliphatic rings. The van der Waals surface area contributed by atoms with Crippen molar-refractivity contribution in [1.82, 2.24) is 10.2 Å². The highest BCUT2D eigenvalue weighted by molar-refractivity contribution is 5.77. The smallest absolute Gasteiger partial charge is 0.234 e. The molecule has 0 saturated carbocycles. The Morgan fingerprint density at radius 2 is 2.46 bits per heavy atom. The molecule has 1 rings (SSSR count). The first-order valence-corrected chi connectivity index (χ1v) is 4.83. The average Bonchev–Trinajstić information content (AvgIpc) is 2.04. The quantitative estimate of drug-likeness (QED) is 0.666. The molecule has 1 N–H and O–H groups in total. The summed E-state index contributed by atoms with van der Waals surface area (Å²) in [4.78, 5) is 13.3. The summed E-state index contributed by atoms with van der Waals surface area (Å²) in [6, 6.07) is 0. The molecule has 0 radical (unpaired) electrons. The van der Waals surface area contributed by atoms with Gasteiger partial charge in [0.1, 0.15) is 0 Å². The van der Waals surface area contributed by atoms with Crippen molar-refractivity contribution in [3.05, 3.63) is 0 Å². The van der Waals surface area contributed by atoms with Crippen LogP contribution in [0, 0.1) is 0 Å². The Hall–Kier alpha value is -0.610. The van der Waals surface area contributed by atoms with Crippen LogP contribution in [0.25, 0.3) is 0 Å². The maximum Gasteiger partial charge on any atom is 0.234 e. The number of likely N-dealkylation sites (N-methyl/N-ethyl adjacent to an activating group) is 1. The van der Waals surface area contributed by atoms with Gasteiger partial charge in [0.15, 0.2) is 0 Å². The largest absolute Gasteiger partial charge is 0.376 e. The highest BCUT2D eigenvalue weighted by atomic mass is 16.5. The zero-order valence-electron chi connectivity index (χ0n) is 8.38. The van der Waals surface area contributed by atoms with Crippen molar-refractivity contribution >= 4 is 5.91 Å². The summed E-state index contributed by atoms with van der Waals surface area (Å²) in [5.74, 6) is 0.108. The van der Waals surface area contributed by atoms with E-state index in [-0.39, 0.29) is 12.0 Å². The van der Waals surface area contributed by atoms with E-state index in [4.69, 9.17) is 4.74 Å². The minimum absolute atomic E-state index is 0.108. The van der Waals surface area contributed by atoms with Crippen molar-refractivity contribution in [3.8, 4) is 0 Å². The van der Waals surface area contributed by atoms with Crippen LogP contribution in [0.2, 0.25) is 0 Å². The number of hydrogen-bond acceptors (Lipinski definition) is 3. The topological polar surface area (TPSA) is 41.6 Å². The number of nitrogens with zero attached hydrogens (tertiary/aromatic N) is 1. The molecule has 13 heavy (non-hydrogen) atoms. The lowest BCUT2D eigenvalue weighted by Gasteiger charge is -2.30. The first-order chi connectivity index (χ1) is 6.22. The van der Waals surface area contributed by atoms with E-state index in [1.165, 1.54) is 0 Å². The molecule has 76 valence electrons. The third kappa shape index (κ3) is 3.74. The maximum absolute atomic E-state index is 11.2. The second kappa shape index (κ2) is 5.19. The van der Waals surface area contributed by atoms with E-state index in [2.05, 4.69) is 10.2 Å². The SMILES string of the molecule is CCNC(=O)CN1CCO[C@@H](C)C1. The molecular weight excluding hydrogens is 168 g/mol. The van der Waals surface area contributed by atoms with Gasteiger partial charge in [0.25, 0.3) is 0 Å². The lowest BCUT2D eigenvalue weighted by molar-refractivity contribution is -0.123. The van der Waals surface area contributed by atoms with Crippen LogP contribution in [0.1, 0.15) is 13.8 Å². The summed E-state index contributed by atoms with van der Waals surface area (Å²) in [6.07, 6.45) is 0.253. The molecule has 1 atom stereocenters. The molecule has 0 aromatic carbocycles. The summed E-state index contributed by atoms with van der Waals surface area (Å²) >= 11 is 0. The van der Waals surface area contributed by atoms with E-state index in [9.17, 15) is 4.79 Å². The van der Waals surface area contributed by atoms with Crippen LogP contribution < -0.4 is 5.32 Å². The van der Waals surface area contributed by atoms with Gasteiger partial charge in [0, 0.05) is 19.6 Å². The molecule has 0 spiro atoms. The third-order valence-electron chi connectivity index (χ3n) is 2.07. The van der Waals surface area contributed by atoms with Crippen LogP contribution >= 0.6 is 0 Å². The number of amides is 1. The summed E-state index contributed by atoms with van der Waals surface area (Å²) in [5.41, 5.74) is 0. The minimum Gasteiger partial charge on any atom is -0.376 e. The van der Waals surface area contributed by atoms with Crippen LogP contribution in [-0.2, 0) is 9.53 Å². The number of nitrogens with one attached hydrogen (secondary N) is 1. The Morgan fingerprint density at radius 3 is 3.08 bits per heavy atom. The molecular formula is C9H18N2O2. The van der Waals surface area contributed by atoms with Gasteiger partial charge in [0.05, 0.1) is 19.3 Å². The van der Waals surface area contributed by atoms with Crippen molar-refractivity contribution < 1.29 is 9.53 Å². The van der Waals surface area contributed by atoms with E-state index >= 15 is 0 Å². The summed E-state index contributed by atoms with van der Waals surface area (Å²) < 4.78 is 5.38. The first kappa shape index (κ1) is 10.5. The zero-order valence-corrected chi connectivity index (χ0v) is 8.38. The van der Waals surface area contributed by atoms with Gasteiger partial charge in [-0.1, -0.05) is 0 Å². The Labute approximate surface area is 79.2 Å².